The zero-order valence-electron chi connectivity index (χ0n) is 18.0. The molecule has 0 fully saturated rings. The molecule has 0 aromatic heterocycles. The molecule has 3 aromatic rings. The Labute approximate surface area is 194 Å². The summed E-state index contributed by atoms with van der Waals surface area (Å²) in [5.74, 6) is 0.626. The van der Waals surface area contributed by atoms with Crippen LogP contribution in [-0.2, 0) is 0 Å². The van der Waals surface area contributed by atoms with Gasteiger partial charge in [0.25, 0.3) is 0 Å². The average Bonchev–Trinajstić information content (AvgIpc) is 2.82. The first-order chi connectivity index (χ1) is 15.1. The number of halogens is 1. The Morgan fingerprint density at radius 1 is 1.12 bits per heavy atom. The highest BCUT2D eigenvalue weighted by Crippen LogP contribution is 2.39. The summed E-state index contributed by atoms with van der Waals surface area (Å²) in [6.45, 7) is 3.25. The predicted molar refractivity (Wildman–Crippen MR) is 128 cm³/mol. The molecule has 2 atom stereocenters. The van der Waals surface area contributed by atoms with Crippen LogP contribution < -0.4 is 19.7 Å². The fourth-order valence-electron chi connectivity index (χ4n) is 3.86. The van der Waals surface area contributed by atoms with Gasteiger partial charge in [-0.3, -0.25) is 0 Å². The summed E-state index contributed by atoms with van der Waals surface area (Å²) in [4.78, 5) is 13.8. The molecular formula is C25H27ClN2O4. The highest BCUT2D eigenvalue weighted by molar-refractivity contribution is 5.96. The summed E-state index contributed by atoms with van der Waals surface area (Å²) >= 11 is 0. The van der Waals surface area contributed by atoms with Crippen LogP contribution in [0.15, 0.2) is 72.8 Å². The summed E-state index contributed by atoms with van der Waals surface area (Å²) in [6, 6.07) is 22.9. The summed E-state index contributed by atoms with van der Waals surface area (Å²) in [7, 11) is 1.66. The third-order valence-electron chi connectivity index (χ3n) is 5.51. The molecule has 0 aliphatic carbocycles. The molecule has 0 spiro atoms. The van der Waals surface area contributed by atoms with Gasteiger partial charge in [-0.05, 0) is 48.9 Å². The number of rotatable bonds is 7. The van der Waals surface area contributed by atoms with Gasteiger partial charge in [0.15, 0.2) is 0 Å². The molecule has 3 aromatic carbocycles. The lowest BCUT2D eigenvalue weighted by molar-refractivity contribution is 0.0697. The van der Waals surface area contributed by atoms with Gasteiger partial charge in [-0.25, -0.2) is 4.79 Å². The van der Waals surface area contributed by atoms with E-state index in [0.29, 0.717) is 18.8 Å². The third kappa shape index (κ3) is 4.98. The number of methoxy groups -OCH3 is 1. The number of nitrogens with zero attached hydrogens (tertiary/aromatic N) is 1. The first kappa shape index (κ1) is 23.4. The molecule has 6 nitrogen and oxygen atoms in total. The number of ether oxygens (including phenoxy) is 2. The molecular weight excluding hydrogens is 428 g/mol. The standard InChI is InChI=1S/C25H26N2O4.ClH/c1-17(18-8-7-9-19(14-18)30-2)26-15-20-16-27(23-12-5-6-13-24(23)31-20)22-11-4-3-10-21(22)25(28)29;/h3-14,17,20,26H,15-16H2,1-2H3,(H,28,29);1H/t17-,20?;/m1./s1. The molecule has 1 heterocycles. The number of carbonyl (C=O) groups is 1. The molecule has 0 amide bonds. The molecule has 0 bridgehead atoms. The van der Waals surface area contributed by atoms with Crippen molar-refractivity contribution in [3.05, 3.63) is 83.9 Å². The van der Waals surface area contributed by atoms with Crippen molar-refractivity contribution in [3.8, 4) is 11.5 Å². The smallest absolute Gasteiger partial charge is 0.337 e. The lowest BCUT2D eigenvalue weighted by Gasteiger charge is -2.37. The Morgan fingerprint density at radius 3 is 2.59 bits per heavy atom. The Morgan fingerprint density at radius 2 is 1.84 bits per heavy atom. The van der Waals surface area contributed by atoms with Crippen LogP contribution >= 0.6 is 12.4 Å². The Bertz CT molecular complexity index is 1080. The second-order valence-electron chi connectivity index (χ2n) is 7.55. The van der Waals surface area contributed by atoms with Gasteiger partial charge in [0.2, 0.25) is 0 Å². The van der Waals surface area contributed by atoms with Crippen LogP contribution in [0, 0.1) is 0 Å². The summed E-state index contributed by atoms with van der Waals surface area (Å²) in [6.07, 6.45) is -0.148. The molecule has 1 aliphatic rings. The molecule has 32 heavy (non-hydrogen) atoms. The van der Waals surface area contributed by atoms with E-state index in [0.717, 1.165) is 22.7 Å². The van der Waals surface area contributed by atoms with Crippen LogP contribution in [0.25, 0.3) is 0 Å². The zero-order valence-corrected chi connectivity index (χ0v) is 18.8. The van der Waals surface area contributed by atoms with Gasteiger partial charge in [-0.1, -0.05) is 36.4 Å². The maximum absolute atomic E-state index is 11.8. The maximum Gasteiger partial charge on any atom is 0.337 e. The monoisotopic (exact) mass is 454 g/mol. The van der Waals surface area contributed by atoms with E-state index in [2.05, 4.69) is 18.3 Å². The van der Waals surface area contributed by atoms with E-state index in [1.54, 1.807) is 19.2 Å². The number of anilines is 2. The molecule has 7 heteroatoms. The average molecular weight is 455 g/mol. The number of hydrogen-bond donors (Lipinski definition) is 2. The van der Waals surface area contributed by atoms with Gasteiger partial charge < -0.3 is 24.8 Å². The van der Waals surface area contributed by atoms with Crippen molar-refractivity contribution in [2.45, 2.75) is 19.1 Å². The van der Waals surface area contributed by atoms with Crippen molar-refractivity contribution < 1.29 is 19.4 Å². The number of carboxylic acids is 1. The van der Waals surface area contributed by atoms with Crippen LogP contribution in [0.4, 0.5) is 11.4 Å². The van der Waals surface area contributed by atoms with E-state index in [1.807, 2.05) is 59.5 Å². The van der Waals surface area contributed by atoms with E-state index < -0.39 is 5.97 Å². The quantitative estimate of drug-likeness (QED) is 0.519. The molecule has 4 rings (SSSR count). The highest BCUT2D eigenvalue weighted by atomic mass is 35.5. The second kappa shape index (κ2) is 10.4. The van der Waals surface area contributed by atoms with Crippen LogP contribution in [0.2, 0.25) is 0 Å². The Balaban J connectivity index is 0.00000289. The molecule has 0 radical (unpaired) electrons. The minimum Gasteiger partial charge on any atom is -0.497 e. The lowest BCUT2D eigenvalue weighted by atomic mass is 10.1. The fourth-order valence-corrected chi connectivity index (χ4v) is 3.86. The first-order valence-corrected chi connectivity index (χ1v) is 10.3. The number of carboxylic acid groups (broad SMARTS) is 1. The number of nitrogens with one attached hydrogen (secondary N) is 1. The Hall–Kier alpha value is -3.22. The summed E-state index contributed by atoms with van der Waals surface area (Å²) < 4.78 is 11.6. The molecule has 168 valence electrons. The second-order valence-corrected chi connectivity index (χ2v) is 7.55. The fraction of sp³-hybridized carbons (Fsp3) is 0.240. The number of fused-ring (bicyclic) bond motifs is 1. The topological polar surface area (TPSA) is 71.0 Å². The molecule has 0 saturated carbocycles. The van der Waals surface area contributed by atoms with Crippen molar-refractivity contribution in [3.63, 3.8) is 0 Å². The van der Waals surface area contributed by atoms with E-state index in [4.69, 9.17) is 9.47 Å². The van der Waals surface area contributed by atoms with Crippen LogP contribution in [0.1, 0.15) is 28.9 Å². The zero-order chi connectivity index (χ0) is 21.8. The molecule has 0 saturated heterocycles. The van der Waals surface area contributed by atoms with Gasteiger partial charge in [0.1, 0.15) is 17.6 Å². The normalized spacial score (nSPS) is 15.7. The number of benzene rings is 3. The van der Waals surface area contributed by atoms with Crippen molar-refractivity contribution in [1.82, 2.24) is 5.32 Å². The highest BCUT2D eigenvalue weighted by Gasteiger charge is 2.29. The summed E-state index contributed by atoms with van der Waals surface area (Å²) in [5, 5.41) is 13.2. The maximum atomic E-state index is 11.8. The predicted octanol–water partition coefficient (Wildman–Crippen LogP) is 5.07. The van der Waals surface area contributed by atoms with Crippen LogP contribution in [-0.4, -0.2) is 37.4 Å². The van der Waals surface area contributed by atoms with Crippen molar-refractivity contribution >= 4 is 29.8 Å². The number of para-hydroxylation sites is 3. The van der Waals surface area contributed by atoms with Crippen LogP contribution in [0.3, 0.4) is 0 Å². The molecule has 1 aliphatic heterocycles. The van der Waals surface area contributed by atoms with Crippen molar-refractivity contribution in [2.24, 2.45) is 0 Å². The SMILES string of the molecule is COc1cccc([C@@H](C)NCC2CN(c3ccccc3C(=O)O)c3ccccc3O2)c1.Cl. The van der Waals surface area contributed by atoms with E-state index in [9.17, 15) is 9.90 Å². The Kier molecular flexibility index (Phi) is 7.62. The van der Waals surface area contributed by atoms with E-state index >= 15 is 0 Å². The lowest BCUT2D eigenvalue weighted by Crippen LogP contribution is -2.44. The third-order valence-corrected chi connectivity index (χ3v) is 5.51. The van der Waals surface area contributed by atoms with Gasteiger partial charge in [0.05, 0.1) is 30.6 Å². The minimum atomic E-state index is -0.944. The van der Waals surface area contributed by atoms with Gasteiger partial charge >= 0.3 is 5.97 Å². The van der Waals surface area contributed by atoms with Crippen molar-refractivity contribution in [1.29, 1.82) is 0 Å². The molecule has 2 N–H and O–H groups in total. The number of hydrogen-bond acceptors (Lipinski definition) is 5. The van der Waals surface area contributed by atoms with Gasteiger partial charge in [-0.2, -0.15) is 0 Å². The molecule has 1 unspecified atom stereocenters. The minimum absolute atomic E-state index is 0. The van der Waals surface area contributed by atoms with Gasteiger partial charge in [-0.15, -0.1) is 12.4 Å². The summed E-state index contributed by atoms with van der Waals surface area (Å²) in [5.41, 5.74) is 2.93. The van der Waals surface area contributed by atoms with E-state index in [1.165, 1.54) is 0 Å². The number of aromatic carboxylic acids is 1. The van der Waals surface area contributed by atoms with E-state index in [-0.39, 0.29) is 30.1 Å². The van der Waals surface area contributed by atoms with Crippen molar-refractivity contribution in [2.75, 3.05) is 25.1 Å². The van der Waals surface area contributed by atoms with Crippen LogP contribution in [0.5, 0.6) is 11.5 Å². The first-order valence-electron chi connectivity index (χ1n) is 10.3. The van der Waals surface area contributed by atoms with Gasteiger partial charge in [0, 0.05) is 12.6 Å². The largest absolute Gasteiger partial charge is 0.497 e.